The SMILES string of the molecule is CCCCCCCCCCCC=CCC(O)C(COC1OC(CO)C(O)C(O)C1O)NC(=O)CCCCCCCCCCCCCCCCCCCCCCCC. The van der Waals surface area contributed by atoms with Crippen molar-refractivity contribution >= 4 is 5.91 Å². The quantitative estimate of drug-likeness (QED) is 0.0264. The second kappa shape index (κ2) is 39.1. The monoisotopic (exact) mass is 812 g/mol. The summed E-state index contributed by atoms with van der Waals surface area (Å²) in [7, 11) is 0. The third-order valence-corrected chi connectivity index (χ3v) is 11.9. The predicted octanol–water partition coefficient (Wildman–Crippen LogP) is 10.5. The highest BCUT2D eigenvalue weighted by atomic mass is 16.7. The molecular weight excluding hydrogens is 719 g/mol. The van der Waals surface area contributed by atoms with Crippen molar-refractivity contribution in [2.24, 2.45) is 0 Å². The molecule has 0 spiro atoms. The van der Waals surface area contributed by atoms with Crippen molar-refractivity contribution in [1.82, 2.24) is 5.32 Å². The minimum atomic E-state index is -1.56. The first kappa shape index (κ1) is 53.9. The summed E-state index contributed by atoms with van der Waals surface area (Å²) in [6.07, 6.45) is 38.2. The lowest BCUT2D eigenvalue weighted by Crippen LogP contribution is -2.60. The van der Waals surface area contributed by atoms with Crippen LogP contribution < -0.4 is 5.32 Å². The van der Waals surface area contributed by atoms with Crippen molar-refractivity contribution in [2.75, 3.05) is 13.2 Å². The fraction of sp³-hybridized carbons (Fsp3) is 0.938. The molecule has 6 N–H and O–H groups in total. The molecule has 0 aromatic rings. The van der Waals surface area contributed by atoms with Gasteiger partial charge in [0.1, 0.15) is 24.4 Å². The van der Waals surface area contributed by atoms with Gasteiger partial charge >= 0.3 is 0 Å². The van der Waals surface area contributed by atoms with Crippen LogP contribution >= 0.6 is 0 Å². The summed E-state index contributed by atoms with van der Waals surface area (Å²) >= 11 is 0. The number of hydrogen-bond donors (Lipinski definition) is 6. The first-order valence-corrected chi connectivity index (χ1v) is 24.4. The summed E-state index contributed by atoms with van der Waals surface area (Å²) in [4.78, 5) is 13.0. The first-order valence-electron chi connectivity index (χ1n) is 24.4. The van der Waals surface area contributed by atoms with E-state index in [1.807, 2.05) is 6.08 Å². The Morgan fingerprint density at radius 3 is 1.40 bits per heavy atom. The van der Waals surface area contributed by atoms with Crippen molar-refractivity contribution in [3.8, 4) is 0 Å². The van der Waals surface area contributed by atoms with E-state index in [9.17, 15) is 30.3 Å². The van der Waals surface area contributed by atoms with Gasteiger partial charge in [-0.1, -0.05) is 212 Å². The van der Waals surface area contributed by atoms with Crippen molar-refractivity contribution in [2.45, 2.75) is 275 Å². The lowest BCUT2D eigenvalue weighted by Gasteiger charge is -2.40. The Balaban J connectivity index is 2.25. The first-order chi connectivity index (χ1) is 27.8. The van der Waals surface area contributed by atoms with E-state index in [0.717, 1.165) is 32.1 Å². The van der Waals surface area contributed by atoms with Gasteiger partial charge in [-0.2, -0.15) is 0 Å². The maximum absolute atomic E-state index is 13.0. The Bertz CT molecular complexity index is 904. The van der Waals surface area contributed by atoms with Crippen LogP contribution in [0.3, 0.4) is 0 Å². The van der Waals surface area contributed by atoms with Crippen LogP contribution in [0, 0.1) is 0 Å². The van der Waals surface area contributed by atoms with Gasteiger partial charge in [0.05, 0.1) is 25.4 Å². The van der Waals surface area contributed by atoms with Crippen LogP contribution in [-0.2, 0) is 14.3 Å². The number of ether oxygens (including phenoxy) is 2. The molecule has 7 unspecified atom stereocenters. The fourth-order valence-corrected chi connectivity index (χ4v) is 7.92. The molecule has 0 bridgehead atoms. The molecule has 1 fully saturated rings. The molecule has 7 atom stereocenters. The molecule has 9 heteroatoms. The zero-order valence-corrected chi connectivity index (χ0v) is 37.1. The van der Waals surface area contributed by atoms with Crippen LogP contribution in [0.25, 0.3) is 0 Å². The number of allylic oxidation sites excluding steroid dienone is 1. The minimum absolute atomic E-state index is 0.164. The van der Waals surface area contributed by atoms with Crippen LogP contribution in [0.2, 0.25) is 0 Å². The summed E-state index contributed by atoms with van der Waals surface area (Å²) in [5, 5.41) is 54.2. The maximum Gasteiger partial charge on any atom is 0.220 e. The van der Waals surface area contributed by atoms with Gasteiger partial charge in [0.15, 0.2) is 6.29 Å². The van der Waals surface area contributed by atoms with Crippen LogP contribution in [0.15, 0.2) is 12.2 Å². The molecule has 1 saturated heterocycles. The molecule has 338 valence electrons. The minimum Gasteiger partial charge on any atom is -0.394 e. The molecule has 1 rings (SSSR count). The normalized spacial score (nSPS) is 21.0. The van der Waals surface area contributed by atoms with Crippen molar-refractivity contribution < 1.29 is 39.8 Å². The van der Waals surface area contributed by atoms with Crippen LogP contribution in [0.5, 0.6) is 0 Å². The van der Waals surface area contributed by atoms with Gasteiger partial charge in [0.2, 0.25) is 5.91 Å². The Labute approximate surface area is 350 Å². The highest BCUT2D eigenvalue weighted by Gasteiger charge is 2.44. The highest BCUT2D eigenvalue weighted by Crippen LogP contribution is 2.23. The zero-order chi connectivity index (χ0) is 41.6. The average Bonchev–Trinajstić information content (AvgIpc) is 3.21. The third kappa shape index (κ3) is 29.7. The Morgan fingerprint density at radius 1 is 0.579 bits per heavy atom. The summed E-state index contributed by atoms with van der Waals surface area (Å²) < 4.78 is 11.2. The van der Waals surface area contributed by atoms with Gasteiger partial charge in [0.25, 0.3) is 0 Å². The van der Waals surface area contributed by atoms with E-state index in [1.54, 1.807) is 0 Å². The zero-order valence-electron chi connectivity index (χ0n) is 37.1. The molecule has 0 radical (unpaired) electrons. The van der Waals surface area contributed by atoms with Gasteiger partial charge in [-0.3, -0.25) is 4.79 Å². The molecule has 0 aromatic heterocycles. The largest absolute Gasteiger partial charge is 0.394 e. The molecule has 9 nitrogen and oxygen atoms in total. The van der Waals surface area contributed by atoms with E-state index in [0.29, 0.717) is 12.8 Å². The number of hydrogen-bond acceptors (Lipinski definition) is 8. The lowest BCUT2D eigenvalue weighted by molar-refractivity contribution is -0.302. The average molecular weight is 812 g/mol. The van der Waals surface area contributed by atoms with Gasteiger partial charge in [-0.25, -0.2) is 0 Å². The molecule has 1 amide bonds. The molecule has 57 heavy (non-hydrogen) atoms. The van der Waals surface area contributed by atoms with Crippen molar-refractivity contribution in [3.05, 3.63) is 12.2 Å². The molecule has 1 aliphatic rings. The van der Waals surface area contributed by atoms with E-state index in [2.05, 4.69) is 25.2 Å². The van der Waals surface area contributed by atoms with Crippen LogP contribution in [0.1, 0.15) is 232 Å². The predicted molar refractivity (Wildman–Crippen MR) is 235 cm³/mol. The Kier molecular flexibility index (Phi) is 37.0. The molecular formula is C48H93NO8. The van der Waals surface area contributed by atoms with Gasteiger partial charge < -0.3 is 40.3 Å². The van der Waals surface area contributed by atoms with Gasteiger partial charge in [-0.15, -0.1) is 0 Å². The van der Waals surface area contributed by atoms with E-state index in [1.165, 1.54) is 173 Å². The summed E-state index contributed by atoms with van der Waals surface area (Å²) in [6.45, 7) is 3.80. The number of aliphatic hydroxyl groups is 5. The second-order valence-corrected chi connectivity index (χ2v) is 17.3. The number of rotatable bonds is 41. The van der Waals surface area contributed by atoms with E-state index in [-0.39, 0.29) is 12.5 Å². The topological polar surface area (TPSA) is 149 Å². The third-order valence-electron chi connectivity index (χ3n) is 11.9. The second-order valence-electron chi connectivity index (χ2n) is 17.3. The number of nitrogens with one attached hydrogen (secondary N) is 1. The molecule has 1 aliphatic heterocycles. The van der Waals surface area contributed by atoms with Crippen molar-refractivity contribution in [1.29, 1.82) is 0 Å². The van der Waals surface area contributed by atoms with Crippen molar-refractivity contribution in [3.63, 3.8) is 0 Å². The Morgan fingerprint density at radius 2 is 0.982 bits per heavy atom. The molecule has 0 aliphatic carbocycles. The molecule has 1 heterocycles. The van der Waals surface area contributed by atoms with E-state index < -0.39 is 49.5 Å². The number of carbonyl (C=O) groups excluding carboxylic acids is 1. The number of unbranched alkanes of at least 4 members (excludes halogenated alkanes) is 30. The number of carbonyl (C=O) groups is 1. The van der Waals surface area contributed by atoms with Gasteiger partial charge in [-0.05, 0) is 25.7 Å². The van der Waals surface area contributed by atoms with Crippen LogP contribution in [0.4, 0.5) is 0 Å². The highest BCUT2D eigenvalue weighted by molar-refractivity contribution is 5.76. The molecule has 0 aromatic carbocycles. The van der Waals surface area contributed by atoms with Gasteiger partial charge in [0, 0.05) is 6.42 Å². The maximum atomic E-state index is 13.0. The Hall–Kier alpha value is -1.07. The molecule has 0 saturated carbocycles. The number of amides is 1. The smallest absolute Gasteiger partial charge is 0.220 e. The lowest BCUT2D eigenvalue weighted by atomic mass is 9.99. The number of aliphatic hydroxyl groups excluding tert-OH is 5. The fourth-order valence-electron chi connectivity index (χ4n) is 7.92. The van der Waals surface area contributed by atoms with Crippen LogP contribution in [-0.4, -0.2) is 87.5 Å². The van der Waals surface area contributed by atoms with E-state index in [4.69, 9.17) is 9.47 Å². The standard InChI is InChI=1S/C48H93NO8/c1-3-5-7-9-11-13-15-17-18-19-20-21-22-23-24-25-26-28-30-32-34-36-38-44(52)49-41(40-56-48-47(55)46(54)45(53)43(39-50)57-48)42(51)37-35-33-31-29-27-16-14-12-10-8-6-4-2/h33,35,41-43,45-48,50-51,53-55H,3-32,34,36-40H2,1-2H3,(H,49,52). The summed E-state index contributed by atoms with van der Waals surface area (Å²) in [5.41, 5.74) is 0. The van der Waals surface area contributed by atoms with E-state index >= 15 is 0 Å². The summed E-state index contributed by atoms with van der Waals surface area (Å²) in [5.74, 6) is -0.164. The summed E-state index contributed by atoms with van der Waals surface area (Å²) in [6, 6.07) is -0.762.